The largest absolute Gasteiger partial charge is 0.478 e. The number of carboxylic acids is 1. The summed E-state index contributed by atoms with van der Waals surface area (Å²) >= 11 is 0. The highest BCUT2D eigenvalue weighted by Crippen LogP contribution is 2.34. The molecule has 5 rings (SSSR count). The molecule has 0 saturated carbocycles. The Kier molecular flexibility index (Phi) is 7.33. The second-order valence-corrected chi connectivity index (χ2v) is 9.90. The van der Waals surface area contributed by atoms with Crippen molar-refractivity contribution in [2.75, 3.05) is 19.6 Å². The lowest BCUT2D eigenvalue weighted by molar-refractivity contribution is 0.0646. The molecule has 4 aromatic rings. The molecule has 2 unspecified atom stereocenters. The van der Waals surface area contributed by atoms with E-state index < -0.39 is 5.97 Å². The third-order valence-corrected chi connectivity index (χ3v) is 7.58. The van der Waals surface area contributed by atoms with Gasteiger partial charge in [0, 0.05) is 31.2 Å². The van der Waals surface area contributed by atoms with Gasteiger partial charge in [0.1, 0.15) is 0 Å². The smallest absolute Gasteiger partial charge is 0.335 e. The average molecular weight is 493 g/mol. The number of nitrogens with zero attached hydrogens (tertiary/aromatic N) is 1. The maximum Gasteiger partial charge on any atom is 0.335 e. The maximum absolute atomic E-state index is 13.4. The van der Waals surface area contributed by atoms with Crippen molar-refractivity contribution in [3.8, 4) is 0 Å². The van der Waals surface area contributed by atoms with Crippen LogP contribution in [0.25, 0.3) is 10.8 Å². The lowest BCUT2D eigenvalue weighted by Gasteiger charge is -2.39. The number of aromatic carboxylic acids is 1. The predicted octanol–water partition coefficient (Wildman–Crippen LogP) is 6.13. The normalized spacial score (nSPS) is 18.5. The molecule has 2 N–H and O–H groups in total. The van der Waals surface area contributed by atoms with Gasteiger partial charge in [0.25, 0.3) is 5.91 Å². The highest BCUT2D eigenvalue weighted by atomic mass is 16.4. The number of carboxylic acid groups (broad SMARTS) is 1. The van der Waals surface area contributed by atoms with Crippen LogP contribution < -0.4 is 5.32 Å². The van der Waals surface area contributed by atoms with Crippen molar-refractivity contribution in [1.29, 1.82) is 0 Å². The monoisotopic (exact) mass is 492 g/mol. The van der Waals surface area contributed by atoms with Crippen LogP contribution in [0.5, 0.6) is 0 Å². The number of rotatable bonds is 7. The zero-order chi connectivity index (χ0) is 25.8. The van der Waals surface area contributed by atoms with E-state index in [0.717, 1.165) is 13.0 Å². The third-order valence-electron chi connectivity index (χ3n) is 7.58. The van der Waals surface area contributed by atoms with Crippen LogP contribution in [0.4, 0.5) is 0 Å². The van der Waals surface area contributed by atoms with E-state index in [1.165, 1.54) is 34.0 Å². The van der Waals surface area contributed by atoms with Gasteiger partial charge in [-0.15, -0.1) is 0 Å². The summed E-state index contributed by atoms with van der Waals surface area (Å²) in [6.07, 6.45) is 0.864. The minimum absolute atomic E-state index is 0.110. The molecular weight excluding hydrogens is 460 g/mol. The SMILES string of the molecule is C[C@@H](NCC1CN(C(=O)c2cccc(C(=O)O)c2)CCC1c1ccccc1)c1cccc2ccccc12. The number of likely N-dealkylation sites (tertiary alicyclic amines) is 1. The Bertz CT molecular complexity index is 1400. The van der Waals surface area contributed by atoms with Gasteiger partial charge in [0.15, 0.2) is 0 Å². The van der Waals surface area contributed by atoms with Crippen molar-refractivity contribution < 1.29 is 14.7 Å². The Morgan fingerprint density at radius 3 is 2.43 bits per heavy atom. The maximum atomic E-state index is 13.4. The number of amides is 1. The van der Waals surface area contributed by atoms with E-state index in [2.05, 4.69) is 79.0 Å². The van der Waals surface area contributed by atoms with Crippen LogP contribution in [0, 0.1) is 5.92 Å². The lowest BCUT2D eigenvalue weighted by Crippen LogP contribution is -2.46. The van der Waals surface area contributed by atoms with Gasteiger partial charge in [-0.1, -0.05) is 78.9 Å². The fourth-order valence-corrected chi connectivity index (χ4v) is 5.60. The number of hydrogen-bond acceptors (Lipinski definition) is 3. The Morgan fingerprint density at radius 2 is 1.62 bits per heavy atom. The molecule has 1 aliphatic rings. The van der Waals surface area contributed by atoms with Gasteiger partial charge in [0.2, 0.25) is 0 Å². The Morgan fingerprint density at radius 1 is 0.919 bits per heavy atom. The number of fused-ring (bicyclic) bond motifs is 1. The molecular formula is C32H32N2O3. The third kappa shape index (κ3) is 5.42. The summed E-state index contributed by atoms with van der Waals surface area (Å²) in [5, 5.41) is 15.6. The van der Waals surface area contributed by atoms with E-state index in [9.17, 15) is 14.7 Å². The summed E-state index contributed by atoms with van der Waals surface area (Å²) in [6.45, 7) is 4.22. The van der Waals surface area contributed by atoms with Gasteiger partial charge in [-0.2, -0.15) is 0 Å². The molecule has 1 amide bonds. The van der Waals surface area contributed by atoms with Crippen molar-refractivity contribution in [3.05, 3.63) is 119 Å². The molecule has 1 fully saturated rings. The second-order valence-electron chi connectivity index (χ2n) is 9.90. The molecule has 3 atom stereocenters. The molecule has 0 aliphatic carbocycles. The van der Waals surface area contributed by atoms with Gasteiger partial charge < -0.3 is 15.3 Å². The summed E-state index contributed by atoms with van der Waals surface area (Å²) in [6, 6.07) is 31.9. The summed E-state index contributed by atoms with van der Waals surface area (Å²) in [5.41, 5.74) is 3.12. The van der Waals surface area contributed by atoms with Crippen molar-refractivity contribution in [2.24, 2.45) is 5.92 Å². The molecule has 1 aliphatic heterocycles. The van der Waals surface area contributed by atoms with Gasteiger partial charge in [-0.25, -0.2) is 4.79 Å². The molecule has 0 aromatic heterocycles. The van der Waals surface area contributed by atoms with Crippen LogP contribution >= 0.6 is 0 Å². The van der Waals surface area contributed by atoms with Crippen LogP contribution in [-0.2, 0) is 0 Å². The van der Waals surface area contributed by atoms with E-state index in [-0.39, 0.29) is 23.4 Å². The number of piperidine rings is 1. The van der Waals surface area contributed by atoms with E-state index in [1.54, 1.807) is 12.1 Å². The number of carbonyl (C=O) groups is 2. The molecule has 1 heterocycles. The number of nitrogens with one attached hydrogen (secondary N) is 1. The summed E-state index contributed by atoms with van der Waals surface area (Å²) in [4.78, 5) is 26.7. The van der Waals surface area contributed by atoms with Crippen LogP contribution in [0.2, 0.25) is 0 Å². The lowest BCUT2D eigenvalue weighted by atomic mass is 9.80. The number of hydrogen-bond donors (Lipinski definition) is 2. The fraction of sp³-hybridized carbons (Fsp3) is 0.250. The molecule has 188 valence electrons. The quantitative estimate of drug-likeness (QED) is 0.325. The highest BCUT2D eigenvalue weighted by Gasteiger charge is 2.33. The molecule has 0 radical (unpaired) electrons. The standard InChI is InChI=1S/C32H32N2O3/c1-22(28-16-8-12-24-11-5-6-15-30(24)28)33-20-27-21-34(18-17-29(27)23-9-3-2-4-10-23)31(35)25-13-7-14-26(19-25)32(36)37/h2-16,19,22,27,29,33H,17-18,20-21H2,1H3,(H,36,37)/t22-,27?,29?/m1/s1. The summed E-state index contributed by atoms with van der Waals surface area (Å²) in [5.74, 6) is -0.577. The first-order valence-electron chi connectivity index (χ1n) is 12.9. The fourth-order valence-electron chi connectivity index (χ4n) is 5.60. The summed E-state index contributed by atoms with van der Waals surface area (Å²) < 4.78 is 0. The molecule has 1 saturated heterocycles. The van der Waals surface area contributed by atoms with E-state index in [0.29, 0.717) is 24.6 Å². The minimum atomic E-state index is -1.03. The average Bonchev–Trinajstić information content (AvgIpc) is 2.95. The molecule has 0 bridgehead atoms. The van der Waals surface area contributed by atoms with Gasteiger partial charge in [-0.05, 0) is 65.3 Å². The molecule has 37 heavy (non-hydrogen) atoms. The number of carbonyl (C=O) groups excluding carboxylic acids is 1. The predicted molar refractivity (Wildman–Crippen MR) is 147 cm³/mol. The van der Waals surface area contributed by atoms with E-state index in [4.69, 9.17) is 0 Å². The van der Waals surface area contributed by atoms with Gasteiger partial charge in [0.05, 0.1) is 5.56 Å². The van der Waals surface area contributed by atoms with Crippen LogP contribution in [-0.4, -0.2) is 41.5 Å². The van der Waals surface area contributed by atoms with Crippen molar-refractivity contribution in [1.82, 2.24) is 10.2 Å². The Balaban J connectivity index is 1.36. The van der Waals surface area contributed by atoms with Crippen LogP contribution in [0.1, 0.15) is 57.1 Å². The van der Waals surface area contributed by atoms with E-state index in [1.807, 2.05) is 11.0 Å². The van der Waals surface area contributed by atoms with Crippen LogP contribution in [0.15, 0.2) is 97.1 Å². The Labute approximate surface area is 217 Å². The summed E-state index contributed by atoms with van der Waals surface area (Å²) in [7, 11) is 0. The Hall–Kier alpha value is -3.96. The van der Waals surface area contributed by atoms with Crippen molar-refractivity contribution in [3.63, 3.8) is 0 Å². The molecule has 5 nitrogen and oxygen atoms in total. The van der Waals surface area contributed by atoms with Crippen molar-refractivity contribution in [2.45, 2.75) is 25.3 Å². The second kappa shape index (κ2) is 11.0. The zero-order valence-electron chi connectivity index (χ0n) is 21.0. The number of benzene rings is 4. The molecule has 5 heteroatoms. The highest BCUT2D eigenvalue weighted by molar-refractivity contribution is 5.97. The molecule has 0 spiro atoms. The minimum Gasteiger partial charge on any atom is -0.478 e. The first-order chi connectivity index (χ1) is 18.0. The van der Waals surface area contributed by atoms with Gasteiger partial charge >= 0.3 is 5.97 Å². The first kappa shape index (κ1) is 24.7. The van der Waals surface area contributed by atoms with E-state index >= 15 is 0 Å². The molecule has 4 aromatic carbocycles. The van der Waals surface area contributed by atoms with Crippen molar-refractivity contribution >= 4 is 22.6 Å². The first-order valence-corrected chi connectivity index (χ1v) is 12.9. The zero-order valence-corrected chi connectivity index (χ0v) is 21.0. The van der Waals surface area contributed by atoms with Gasteiger partial charge in [-0.3, -0.25) is 4.79 Å². The van der Waals surface area contributed by atoms with Crippen LogP contribution in [0.3, 0.4) is 0 Å². The topological polar surface area (TPSA) is 69.6 Å².